The molecule has 154 valence electrons. The van der Waals surface area contributed by atoms with Crippen LogP contribution in [0.15, 0.2) is 42.6 Å². The third kappa shape index (κ3) is 6.80. The van der Waals surface area contributed by atoms with Gasteiger partial charge in [-0.05, 0) is 50.2 Å². The number of hydrogen-bond acceptors (Lipinski definition) is 6. The first-order chi connectivity index (χ1) is 13.8. The number of carbonyl (C=O) groups excluding carboxylic acids is 4. The van der Waals surface area contributed by atoms with Crippen LogP contribution >= 0.6 is 0 Å². The van der Waals surface area contributed by atoms with Gasteiger partial charge in [-0.15, -0.1) is 0 Å². The maximum Gasteiger partial charge on any atom is 0.325 e. The quantitative estimate of drug-likeness (QED) is 0.639. The molecule has 9 nitrogen and oxygen atoms in total. The van der Waals surface area contributed by atoms with Crippen LogP contribution in [-0.2, 0) is 21.4 Å². The van der Waals surface area contributed by atoms with Crippen molar-refractivity contribution in [3.05, 3.63) is 53.9 Å². The van der Waals surface area contributed by atoms with E-state index in [-0.39, 0.29) is 6.10 Å². The molecule has 0 saturated heterocycles. The molecule has 2 aromatic rings. The molecular formula is C20H23N3O6. The summed E-state index contributed by atoms with van der Waals surface area (Å²) in [5.74, 6) is -2.01. The number of ether oxygens (including phenoxy) is 2. The summed E-state index contributed by atoms with van der Waals surface area (Å²) in [6.45, 7) is 2.74. The molecule has 0 radical (unpaired) electrons. The van der Waals surface area contributed by atoms with Crippen LogP contribution in [0.4, 0.5) is 0 Å². The molecule has 0 aliphatic carbocycles. The van der Waals surface area contributed by atoms with Gasteiger partial charge in [0.15, 0.2) is 6.61 Å². The number of imide groups is 1. The Morgan fingerprint density at radius 1 is 1.03 bits per heavy atom. The van der Waals surface area contributed by atoms with E-state index in [1.807, 2.05) is 13.8 Å². The fraction of sp³-hybridized carbons (Fsp3) is 0.300. The van der Waals surface area contributed by atoms with E-state index < -0.39 is 36.8 Å². The molecule has 1 aromatic heterocycles. The lowest BCUT2D eigenvalue weighted by Crippen LogP contribution is -2.37. The number of rotatable bonds is 8. The van der Waals surface area contributed by atoms with Crippen LogP contribution in [0.1, 0.15) is 34.7 Å². The van der Waals surface area contributed by atoms with E-state index in [1.165, 1.54) is 0 Å². The lowest BCUT2D eigenvalue weighted by Gasteiger charge is -2.10. The Hall–Kier alpha value is -3.62. The van der Waals surface area contributed by atoms with E-state index in [0.717, 1.165) is 0 Å². The summed E-state index contributed by atoms with van der Waals surface area (Å²) in [5.41, 5.74) is 0.640. The Morgan fingerprint density at radius 3 is 2.31 bits per heavy atom. The third-order valence-electron chi connectivity index (χ3n) is 3.68. The molecule has 0 bridgehead atoms. The second kappa shape index (κ2) is 10.1. The molecule has 1 aromatic carbocycles. The maximum absolute atomic E-state index is 12.0. The van der Waals surface area contributed by atoms with Gasteiger partial charge in [0.2, 0.25) is 0 Å². The topological polar surface area (TPSA) is 116 Å². The van der Waals surface area contributed by atoms with Gasteiger partial charge in [-0.2, -0.15) is 0 Å². The smallest absolute Gasteiger partial charge is 0.325 e. The van der Waals surface area contributed by atoms with Crippen molar-refractivity contribution in [2.45, 2.75) is 20.0 Å². The maximum atomic E-state index is 12.0. The van der Waals surface area contributed by atoms with Crippen molar-refractivity contribution in [3.8, 4) is 5.75 Å². The van der Waals surface area contributed by atoms with Gasteiger partial charge in [-0.25, -0.2) is 0 Å². The monoisotopic (exact) mass is 401 g/mol. The van der Waals surface area contributed by atoms with Crippen LogP contribution in [0.25, 0.3) is 0 Å². The molecule has 2 N–H and O–H groups in total. The van der Waals surface area contributed by atoms with E-state index in [1.54, 1.807) is 54.2 Å². The molecule has 29 heavy (non-hydrogen) atoms. The van der Waals surface area contributed by atoms with E-state index in [9.17, 15) is 19.2 Å². The first-order valence-electron chi connectivity index (χ1n) is 8.92. The molecule has 0 fully saturated rings. The molecule has 0 saturated carbocycles. The Morgan fingerprint density at radius 2 is 1.72 bits per heavy atom. The number of aryl methyl sites for hydroxylation is 1. The molecule has 2 rings (SSSR count). The fourth-order valence-electron chi connectivity index (χ4n) is 2.33. The first-order valence-corrected chi connectivity index (χ1v) is 8.92. The normalized spacial score (nSPS) is 10.3. The van der Waals surface area contributed by atoms with E-state index in [4.69, 9.17) is 9.47 Å². The number of aromatic nitrogens is 1. The van der Waals surface area contributed by atoms with Crippen LogP contribution in [0, 0.1) is 0 Å². The van der Waals surface area contributed by atoms with Crippen LogP contribution in [0.5, 0.6) is 5.75 Å². The van der Waals surface area contributed by atoms with Crippen molar-refractivity contribution in [2.75, 3.05) is 13.2 Å². The lowest BCUT2D eigenvalue weighted by atomic mass is 10.2. The van der Waals surface area contributed by atoms with Gasteiger partial charge in [-0.3, -0.25) is 24.5 Å². The van der Waals surface area contributed by atoms with Gasteiger partial charge in [0, 0.05) is 18.8 Å². The Bertz CT molecular complexity index is 886. The molecule has 9 heteroatoms. The number of hydrogen-bond donors (Lipinski definition) is 2. The number of nitrogens with zero attached hydrogens (tertiary/aromatic N) is 1. The van der Waals surface area contributed by atoms with Gasteiger partial charge in [-0.1, -0.05) is 0 Å². The van der Waals surface area contributed by atoms with Crippen LogP contribution in [-0.4, -0.2) is 47.5 Å². The van der Waals surface area contributed by atoms with Gasteiger partial charge in [0.05, 0.1) is 6.10 Å². The predicted octanol–water partition coefficient (Wildman–Crippen LogP) is 1.04. The highest BCUT2D eigenvalue weighted by molar-refractivity contribution is 6.04. The SMILES string of the molecule is CC(C)Oc1ccc(C(=O)NCC(=O)OCC(=O)NC(=O)c2cccn2C)cc1. The second-order valence-corrected chi connectivity index (χ2v) is 6.42. The third-order valence-corrected chi connectivity index (χ3v) is 3.68. The van der Waals surface area contributed by atoms with Crippen LogP contribution in [0.2, 0.25) is 0 Å². The van der Waals surface area contributed by atoms with Crippen molar-refractivity contribution in [3.63, 3.8) is 0 Å². The van der Waals surface area contributed by atoms with Crippen LogP contribution < -0.4 is 15.4 Å². The minimum Gasteiger partial charge on any atom is -0.491 e. The summed E-state index contributed by atoms with van der Waals surface area (Å²) in [7, 11) is 1.66. The van der Waals surface area contributed by atoms with Gasteiger partial charge in [0.1, 0.15) is 18.0 Å². The van der Waals surface area contributed by atoms with Crippen molar-refractivity contribution in [2.24, 2.45) is 7.05 Å². The number of carbonyl (C=O) groups is 4. The number of benzene rings is 1. The highest BCUT2D eigenvalue weighted by Crippen LogP contribution is 2.13. The number of esters is 1. The molecular weight excluding hydrogens is 378 g/mol. The lowest BCUT2D eigenvalue weighted by molar-refractivity contribution is -0.147. The van der Waals surface area contributed by atoms with Gasteiger partial charge >= 0.3 is 5.97 Å². The average molecular weight is 401 g/mol. The molecule has 0 spiro atoms. The largest absolute Gasteiger partial charge is 0.491 e. The number of nitrogens with one attached hydrogen (secondary N) is 2. The highest BCUT2D eigenvalue weighted by atomic mass is 16.5. The van der Waals surface area contributed by atoms with Gasteiger partial charge < -0.3 is 19.4 Å². The Labute approximate surface area is 168 Å². The Kier molecular flexibility index (Phi) is 7.53. The summed E-state index contributed by atoms with van der Waals surface area (Å²) in [4.78, 5) is 47.3. The van der Waals surface area contributed by atoms with Crippen molar-refractivity contribution >= 4 is 23.7 Å². The summed E-state index contributed by atoms with van der Waals surface area (Å²) < 4.78 is 11.8. The summed E-state index contributed by atoms with van der Waals surface area (Å²) >= 11 is 0. The van der Waals surface area contributed by atoms with Gasteiger partial charge in [0.25, 0.3) is 17.7 Å². The first kappa shape index (κ1) is 21.7. The average Bonchev–Trinajstić information content (AvgIpc) is 3.10. The van der Waals surface area contributed by atoms with E-state index in [2.05, 4.69) is 10.6 Å². The molecule has 1 heterocycles. The molecule has 0 aliphatic rings. The Balaban J connectivity index is 1.72. The van der Waals surface area contributed by atoms with E-state index in [0.29, 0.717) is 17.0 Å². The zero-order valence-corrected chi connectivity index (χ0v) is 16.4. The molecule has 0 atom stereocenters. The highest BCUT2D eigenvalue weighted by Gasteiger charge is 2.15. The van der Waals surface area contributed by atoms with Crippen molar-refractivity contribution < 1.29 is 28.7 Å². The van der Waals surface area contributed by atoms with Crippen molar-refractivity contribution in [1.29, 1.82) is 0 Å². The second-order valence-electron chi connectivity index (χ2n) is 6.42. The molecule has 0 aliphatic heterocycles. The fourth-order valence-corrected chi connectivity index (χ4v) is 2.33. The number of amides is 3. The molecule has 0 unspecified atom stereocenters. The zero-order valence-electron chi connectivity index (χ0n) is 16.4. The summed E-state index contributed by atoms with van der Waals surface area (Å²) in [5, 5.41) is 4.51. The van der Waals surface area contributed by atoms with Crippen LogP contribution in [0.3, 0.4) is 0 Å². The standard InChI is InChI=1S/C20H23N3O6/c1-13(2)29-15-8-6-14(7-9-15)19(26)21-11-18(25)28-12-17(24)22-20(27)16-5-4-10-23(16)3/h4-10,13H,11-12H2,1-3H3,(H,21,26)(H,22,24,27). The predicted molar refractivity (Wildman–Crippen MR) is 103 cm³/mol. The van der Waals surface area contributed by atoms with E-state index >= 15 is 0 Å². The minimum atomic E-state index is -0.806. The van der Waals surface area contributed by atoms with Crippen molar-refractivity contribution in [1.82, 2.24) is 15.2 Å². The minimum absolute atomic E-state index is 0.0180. The zero-order chi connectivity index (χ0) is 21.4. The summed E-state index contributed by atoms with van der Waals surface area (Å²) in [6, 6.07) is 9.66. The summed E-state index contributed by atoms with van der Waals surface area (Å²) in [6.07, 6.45) is 1.68. The molecule has 3 amide bonds.